The normalized spacial score (nSPS) is 26.9. The first-order valence-corrected chi connectivity index (χ1v) is 10.6. The average molecular weight is 412 g/mol. The van der Waals surface area contributed by atoms with Crippen LogP contribution in [0.2, 0.25) is 0 Å². The molecule has 0 aromatic carbocycles. The summed E-state index contributed by atoms with van der Waals surface area (Å²) in [4.78, 5) is 43.0. The molecule has 160 valence electrons. The molecule has 0 radical (unpaired) electrons. The molecule has 1 aromatic rings. The molecule has 1 aromatic heterocycles. The smallest absolute Gasteiger partial charge is 0.270 e. The van der Waals surface area contributed by atoms with Crippen molar-refractivity contribution < 1.29 is 14.4 Å². The van der Waals surface area contributed by atoms with E-state index in [-0.39, 0.29) is 41.0 Å². The van der Waals surface area contributed by atoms with Crippen LogP contribution in [-0.2, 0) is 9.59 Å². The molecular formula is C22H29N5O3. The van der Waals surface area contributed by atoms with E-state index in [1.807, 2.05) is 26.8 Å². The lowest BCUT2D eigenvalue weighted by Crippen LogP contribution is -2.49. The topological polar surface area (TPSA) is 118 Å². The van der Waals surface area contributed by atoms with Crippen molar-refractivity contribution in [2.45, 2.75) is 70.5 Å². The second-order valence-electron chi connectivity index (χ2n) is 9.91. The summed E-state index contributed by atoms with van der Waals surface area (Å²) in [5.74, 6) is -0.869. The fraction of sp³-hybridized carbons (Fsp3) is 0.636. The van der Waals surface area contributed by atoms with Gasteiger partial charge in [0.2, 0.25) is 11.8 Å². The Bertz CT molecular complexity index is 923. The number of rotatable bonds is 5. The summed E-state index contributed by atoms with van der Waals surface area (Å²) in [5, 5.41) is 15.3. The van der Waals surface area contributed by atoms with Crippen LogP contribution in [0.4, 0.5) is 0 Å². The van der Waals surface area contributed by atoms with Gasteiger partial charge in [-0.3, -0.25) is 14.4 Å². The Morgan fingerprint density at radius 2 is 2.07 bits per heavy atom. The molecule has 2 aliphatic heterocycles. The van der Waals surface area contributed by atoms with Crippen LogP contribution in [-0.4, -0.2) is 51.8 Å². The van der Waals surface area contributed by atoms with E-state index in [0.717, 1.165) is 18.5 Å². The van der Waals surface area contributed by atoms with Crippen molar-refractivity contribution in [3.8, 4) is 6.07 Å². The van der Waals surface area contributed by atoms with Gasteiger partial charge in [-0.2, -0.15) is 5.26 Å². The summed E-state index contributed by atoms with van der Waals surface area (Å²) in [6.45, 7) is 6.35. The lowest BCUT2D eigenvalue weighted by atomic mass is 9.92. The molecule has 8 heteroatoms. The molecule has 3 heterocycles. The second-order valence-corrected chi connectivity index (χ2v) is 9.91. The second kappa shape index (κ2) is 7.15. The average Bonchev–Trinajstić information content (AvgIpc) is 2.98. The number of aromatic amines is 1. The number of hydrogen-bond donors (Lipinski definition) is 3. The summed E-state index contributed by atoms with van der Waals surface area (Å²) in [6.07, 6.45) is 3.56. The number of aryl methyl sites for hydroxylation is 1. The van der Waals surface area contributed by atoms with Gasteiger partial charge in [0.1, 0.15) is 17.8 Å². The summed E-state index contributed by atoms with van der Waals surface area (Å²) >= 11 is 0. The molecular weight excluding hydrogens is 382 g/mol. The van der Waals surface area contributed by atoms with Crippen LogP contribution in [0, 0.1) is 29.6 Å². The minimum absolute atomic E-state index is 0.0385. The van der Waals surface area contributed by atoms with Gasteiger partial charge < -0.3 is 20.5 Å². The third-order valence-electron chi connectivity index (χ3n) is 6.67. The van der Waals surface area contributed by atoms with Crippen molar-refractivity contribution in [1.29, 1.82) is 5.26 Å². The minimum atomic E-state index is -0.761. The van der Waals surface area contributed by atoms with Crippen LogP contribution in [0.3, 0.4) is 0 Å². The fourth-order valence-corrected chi connectivity index (χ4v) is 4.91. The van der Waals surface area contributed by atoms with E-state index in [9.17, 15) is 19.6 Å². The SMILES string of the molecule is Cc1ccc(C(=O)N2CC3(CC3)CC2C(=O)NC(C#N)CC2CC(C)(C)NC2=O)[nH]1. The standard InChI is InChI=1S/C22H29N5O3/c1-13-4-5-16(24-13)20(30)27-12-22(6-7-22)10-17(27)19(29)25-15(11-23)8-14-9-21(2,3)26-18(14)28/h4-5,14-15,17,24H,6-10,12H2,1-3H3,(H,25,29)(H,26,28). The first kappa shape index (κ1) is 20.5. The lowest BCUT2D eigenvalue weighted by molar-refractivity contribution is -0.126. The molecule has 3 aliphatic rings. The quantitative estimate of drug-likeness (QED) is 0.682. The van der Waals surface area contributed by atoms with Crippen molar-refractivity contribution in [1.82, 2.24) is 20.5 Å². The number of nitrogens with zero attached hydrogens (tertiary/aromatic N) is 2. The van der Waals surface area contributed by atoms with Crippen LogP contribution in [0.5, 0.6) is 0 Å². The predicted octanol–water partition coefficient (Wildman–Crippen LogP) is 1.63. The van der Waals surface area contributed by atoms with Crippen LogP contribution < -0.4 is 10.6 Å². The van der Waals surface area contributed by atoms with E-state index in [1.54, 1.807) is 11.0 Å². The van der Waals surface area contributed by atoms with Crippen molar-refractivity contribution in [3.05, 3.63) is 23.5 Å². The van der Waals surface area contributed by atoms with Crippen molar-refractivity contribution >= 4 is 17.7 Å². The number of nitrogens with one attached hydrogen (secondary N) is 3. The number of carbonyl (C=O) groups is 3. The molecule has 3 atom stereocenters. The number of likely N-dealkylation sites (tertiary alicyclic amines) is 1. The van der Waals surface area contributed by atoms with Crippen molar-refractivity contribution in [2.75, 3.05) is 6.54 Å². The van der Waals surface area contributed by atoms with Gasteiger partial charge in [-0.1, -0.05) is 0 Å². The van der Waals surface area contributed by atoms with E-state index < -0.39 is 12.1 Å². The maximum absolute atomic E-state index is 13.1. The molecule has 30 heavy (non-hydrogen) atoms. The zero-order chi connectivity index (χ0) is 21.7. The van der Waals surface area contributed by atoms with Crippen LogP contribution in [0.15, 0.2) is 12.1 Å². The summed E-state index contributed by atoms with van der Waals surface area (Å²) in [7, 11) is 0. The highest BCUT2D eigenvalue weighted by Gasteiger charge is 2.55. The molecule has 1 saturated carbocycles. The van der Waals surface area contributed by atoms with E-state index >= 15 is 0 Å². The van der Waals surface area contributed by atoms with Gasteiger partial charge in [0.25, 0.3) is 5.91 Å². The van der Waals surface area contributed by atoms with E-state index in [1.165, 1.54) is 0 Å². The largest absolute Gasteiger partial charge is 0.355 e. The number of H-pyrrole nitrogens is 1. The molecule has 4 rings (SSSR count). The van der Waals surface area contributed by atoms with E-state index in [4.69, 9.17) is 0 Å². The first-order chi connectivity index (χ1) is 14.1. The van der Waals surface area contributed by atoms with E-state index in [2.05, 4.69) is 21.7 Å². The maximum Gasteiger partial charge on any atom is 0.270 e. The van der Waals surface area contributed by atoms with Gasteiger partial charge >= 0.3 is 0 Å². The van der Waals surface area contributed by atoms with Crippen molar-refractivity contribution in [2.24, 2.45) is 11.3 Å². The lowest BCUT2D eigenvalue weighted by Gasteiger charge is -2.25. The Kier molecular flexibility index (Phi) is 4.88. The highest BCUT2D eigenvalue weighted by Crippen LogP contribution is 2.55. The first-order valence-electron chi connectivity index (χ1n) is 10.6. The van der Waals surface area contributed by atoms with Gasteiger partial charge in [-0.25, -0.2) is 0 Å². The molecule has 1 spiro atoms. The maximum atomic E-state index is 13.1. The van der Waals surface area contributed by atoms with Gasteiger partial charge in [-0.15, -0.1) is 0 Å². The number of hydrogen-bond acceptors (Lipinski definition) is 4. The zero-order valence-corrected chi connectivity index (χ0v) is 17.7. The Hall–Kier alpha value is -2.82. The van der Waals surface area contributed by atoms with Gasteiger partial charge in [0.05, 0.1) is 6.07 Å². The van der Waals surface area contributed by atoms with Gasteiger partial charge in [0, 0.05) is 23.7 Å². The molecule has 1 aliphatic carbocycles. The Balaban J connectivity index is 1.44. The summed E-state index contributed by atoms with van der Waals surface area (Å²) < 4.78 is 0. The number of amides is 3. The molecule has 3 amide bonds. The molecule has 2 saturated heterocycles. The Morgan fingerprint density at radius 1 is 1.33 bits per heavy atom. The van der Waals surface area contributed by atoms with Crippen LogP contribution in [0.25, 0.3) is 0 Å². The van der Waals surface area contributed by atoms with E-state index in [0.29, 0.717) is 25.1 Å². The predicted molar refractivity (Wildman–Crippen MR) is 109 cm³/mol. The zero-order valence-electron chi connectivity index (χ0n) is 17.7. The van der Waals surface area contributed by atoms with Crippen molar-refractivity contribution in [3.63, 3.8) is 0 Å². The fourth-order valence-electron chi connectivity index (χ4n) is 4.91. The van der Waals surface area contributed by atoms with Gasteiger partial charge in [-0.05, 0) is 70.4 Å². The van der Waals surface area contributed by atoms with Gasteiger partial charge in [0.15, 0.2) is 0 Å². The third kappa shape index (κ3) is 3.93. The highest BCUT2D eigenvalue weighted by atomic mass is 16.2. The number of carbonyl (C=O) groups excluding carboxylic acids is 3. The molecule has 3 fully saturated rings. The number of nitriles is 1. The summed E-state index contributed by atoms with van der Waals surface area (Å²) in [5.41, 5.74) is 1.11. The molecule has 0 bridgehead atoms. The third-order valence-corrected chi connectivity index (χ3v) is 6.67. The van der Waals surface area contributed by atoms with Crippen LogP contribution >= 0.6 is 0 Å². The molecule has 3 N–H and O–H groups in total. The highest BCUT2D eigenvalue weighted by molar-refractivity contribution is 5.97. The Labute approximate surface area is 176 Å². The number of aromatic nitrogens is 1. The minimum Gasteiger partial charge on any atom is -0.355 e. The Morgan fingerprint density at radius 3 is 2.60 bits per heavy atom. The molecule has 3 unspecified atom stereocenters. The molecule has 8 nitrogen and oxygen atoms in total. The monoisotopic (exact) mass is 411 g/mol. The van der Waals surface area contributed by atoms with Crippen LogP contribution in [0.1, 0.15) is 62.1 Å². The summed E-state index contributed by atoms with van der Waals surface area (Å²) in [6, 6.07) is 4.35.